The van der Waals surface area contributed by atoms with Gasteiger partial charge in [-0.25, -0.2) is 0 Å². The molecular formula is C11H16ClNO3. The standard InChI is InChI=1S/C11H16ClNO3/c1-14-5-6-15-7-8-16-11-9(12)3-2-4-10(11)13/h2-4H,5-8,13H2,1H3. The molecule has 1 aromatic rings. The van der Waals surface area contributed by atoms with Crippen LogP contribution in [0.15, 0.2) is 18.2 Å². The molecule has 0 aliphatic carbocycles. The number of rotatable bonds is 7. The van der Waals surface area contributed by atoms with Crippen LogP contribution in [0.2, 0.25) is 5.02 Å². The molecule has 5 heteroatoms. The molecule has 0 radical (unpaired) electrons. The number of nitrogens with two attached hydrogens (primary N) is 1. The lowest BCUT2D eigenvalue weighted by Gasteiger charge is -2.10. The van der Waals surface area contributed by atoms with Crippen molar-refractivity contribution in [1.29, 1.82) is 0 Å². The molecule has 0 atom stereocenters. The second kappa shape index (κ2) is 7.33. The molecule has 0 saturated heterocycles. The van der Waals surface area contributed by atoms with Gasteiger partial charge in [0.2, 0.25) is 0 Å². The van der Waals surface area contributed by atoms with Gasteiger partial charge >= 0.3 is 0 Å². The van der Waals surface area contributed by atoms with Gasteiger partial charge in [-0.05, 0) is 12.1 Å². The van der Waals surface area contributed by atoms with Gasteiger partial charge < -0.3 is 19.9 Å². The summed E-state index contributed by atoms with van der Waals surface area (Å²) in [5.41, 5.74) is 6.25. The van der Waals surface area contributed by atoms with Gasteiger partial charge in [0.15, 0.2) is 5.75 Å². The maximum absolute atomic E-state index is 5.93. The molecule has 90 valence electrons. The Morgan fingerprint density at radius 1 is 1.19 bits per heavy atom. The predicted molar refractivity (Wildman–Crippen MR) is 64.1 cm³/mol. The van der Waals surface area contributed by atoms with Crippen LogP contribution in [0, 0.1) is 0 Å². The molecule has 2 N–H and O–H groups in total. The van der Waals surface area contributed by atoms with Crippen molar-refractivity contribution in [1.82, 2.24) is 0 Å². The molecule has 0 heterocycles. The maximum atomic E-state index is 5.93. The minimum absolute atomic E-state index is 0.414. The fraction of sp³-hybridized carbons (Fsp3) is 0.455. The summed E-state index contributed by atoms with van der Waals surface area (Å²) in [5.74, 6) is 0.513. The lowest BCUT2D eigenvalue weighted by Crippen LogP contribution is -2.10. The van der Waals surface area contributed by atoms with E-state index in [9.17, 15) is 0 Å². The van der Waals surface area contributed by atoms with E-state index in [1.165, 1.54) is 0 Å². The Kier molecular flexibility index (Phi) is 6.00. The molecule has 0 amide bonds. The molecule has 1 rings (SSSR count). The van der Waals surface area contributed by atoms with Gasteiger partial charge in [0.25, 0.3) is 0 Å². The van der Waals surface area contributed by atoms with Gasteiger partial charge in [0.1, 0.15) is 6.61 Å². The van der Waals surface area contributed by atoms with Crippen LogP contribution in [0.4, 0.5) is 5.69 Å². The van der Waals surface area contributed by atoms with Crippen LogP contribution in [0.1, 0.15) is 0 Å². The Labute approximate surface area is 100 Å². The summed E-state index contributed by atoms with van der Waals surface area (Å²) in [6.07, 6.45) is 0. The van der Waals surface area contributed by atoms with Crippen molar-refractivity contribution in [2.24, 2.45) is 0 Å². The molecular weight excluding hydrogens is 230 g/mol. The Morgan fingerprint density at radius 2 is 1.94 bits per heavy atom. The molecule has 0 aliphatic rings. The fourth-order valence-electron chi connectivity index (χ4n) is 1.12. The van der Waals surface area contributed by atoms with Crippen molar-refractivity contribution in [3.05, 3.63) is 23.2 Å². The number of anilines is 1. The van der Waals surface area contributed by atoms with E-state index >= 15 is 0 Å². The summed E-state index contributed by atoms with van der Waals surface area (Å²) in [5, 5.41) is 0.511. The second-order valence-electron chi connectivity index (χ2n) is 3.11. The Bertz CT molecular complexity index is 300. The zero-order valence-corrected chi connectivity index (χ0v) is 10.00. The fourth-order valence-corrected chi connectivity index (χ4v) is 1.36. The first-order chi connectivity index (χ1) is 7.75. The molecule has 4 nitrogen and oxygen atoms in total. The molecule has 0 spiro atoms. The third-order valence-electron chi connectivity index (χ3n) is 1.90. The van der Waals surface area contributed by atoms with E-state index in [-0.39, 0.29) is 0 Å². The van der Waals surface area contributed by atoms with Crippen molar-refractivity contribution >= 4 is 17.3 Å². The van der Waals surface area contributed by atoms with E-state index < -0.39 is 0 Å². The maximum Gasteiger partial charge on any atom is 0.160 e. The van der Waals surface area contributed by atoms with E-state index in [2.05, 4.69) is 0 Å². The van der Waals surface area contributed by atoms with Crippen molar-refractivity contribution in [3.63, 3.8) is 0 Å². The topological polar surface area (TPSA) is 53.7 Å². The first-order valence-electron chi connectivity index (χ1n) is 4.99. The SMILES string of the molecule is COCCOCCOc1c(N)cccc1Cl. The number of nitrogen functional groups attached to an aromatic ring is 1. The van der Waals surface area contributed by atoms with E-state index in [1.807, 2.05) is 0 Å². The van der Waals surface area contributed by atoms with Crippen molar-refractivity contribution in [3.8, 4) is 5.75 Å². The number of para-hydroxylation sites is 1. The van der Waals surface area contributed by atoms with E-state index in [4.69, 9.17) is 31.5 Å². The number of halogens is 1. The average Bonchev–Trinajstić information content (AvgIpc) is 2.26. The quantitative estimate of drug-likeness (QED) is 0.589. The van der Waals surface area contributed by atoms with Crippen molar-refractivity contribution in [2.75, 3.05) is 39.3 Å². The van der Waals surface area contributed by atoms with Gasteiger partial charge in [-0.1, -0.05) is 17.7 Å². The number of methoxy groups -OCH3 is 1. The summed E-state index contributed by atoms with van der Waals surface area (Å²) < 4.78 is 15.5. The largest absolute Gasteiger partial charge is 0.487 e. The number of hydrogen-bond donors (Lipinski definition) is 1. The molecule has 0 fully saturated rings. The highest BCUT2D eigenvalue weighted by Gasteiger charge is 2.04. The van der Waals surface area contributed by atoms with Crippen LogP contribution >= 0.6 is 11.6 Å². The molecule has 16 heavy (non-hydrogen) atoms. The third kappa shape index (κ3) is 4.26. The summed E-state index contributed by atoms with van der Waals surface area (Å²) in [6.45, 7) is 2.03. The summed E-state index contributed by atoms with van der Waals surface area (Å²) >= 11 is 5.93. The molecule has 0 saturated carbocycles. The normalized spacial score (nSPS) is 10.4. The lowest BCUT2D eigenvalue weighted by molar-refractivity contribution is 0.0545. The third-order valence-corrected chi connectivity index (χ3v) is 2.20. The highest BCUT2D eigenvalue weighted by atomic mass is 35.5. The predicted octanol–water partition coefficient (Wildman–Crippen LogP) is 1.96. The monoisotopic (exact) mass is 245 g/mol. The van der Waals surface area contributed by atoms with Gasteiger partial charge in [0, 0.05) is 7.11 Å². The molecule has 0 aliphatic heterocycles. The van der Waals surface area contributed by atoms with Crippen molar-refractivity contribution < 1.29 is 14.2 Å². The van der Waals surface area contributed by atoms with Crippen LogP contribution < -0.4 is 10.5 Å². The highest BCUT2D eigenvalue weighted by molar-refractivity contribution is 6.32. The minimum atomic E-state index is 0.414. The second-order valence-corrected chi connectivity index (χ2v) is 3.52. The van der Waals surface area contributed by atoms with Crippen LogP contribution in [-0.4, -0.2) is 33.5 Å². The number of benzene rings is 1. The molecule has 0 bridgehead atoms. The van der Waals surface area contributed by atoms with E-state index in [1.54, 1.807) is 25.3 Å². The molecule has 0 unspecified atom stereocenters. The van der Waals surface area contributed by atoms with Crippen molar-refractivity contribution in [2.45, 2.75) is 0 Å². The lowest BCUT2D eigenvalue weighted by atomic mass is 10.3. The summed E-state index contributed by atoms with van der Waals surface area (Å²) in [7, 11) is 1.63. The molecule has 1 aromatic carbocycles. The summed E-state index contributed by atoms with van der Waals surface area (Å²) in [6, 6.07) is 5.26. The summed E-state index contributed by atoms with van der Waals surface area (Å²) in [4.78, 5) is 0. The Balaban J connectivity index is 2.26. The van der Waals surface area contributed by atoms with Crippen LogP contribution in [-0.2, 0) is 9.47 Å². The zero-order chi connectivity index (χ0) is 11.8. The van der Waals surface area contributed by atoms with E-state index in [0.29, 0.717) is 42.9 Å². The first-order valence-corrected chi connectivity index (χ1v) is 5.37. The number of hydrogen-bond acceptors (Lipinski definition) is 4. The number of ether oxygens (including phenoxy) is 3. The molecule has 0 aromatic heterocycles. The van der Waals surface area contributed by atoms with E-state index in [0.717, 1.165) is 0 Å². The van der Waals surface area contributed by atoms with Gasteiger partial charge in [-0.3, -0.25) is 0 Å². The smallest absolute Gasteiger partial charge is 0.160 e. The first kappa shape index (κ1) is 13.1. The Hall–Kier alpha value is -0.970. The highest BCUT2D eigenvalue weighted by Crippen LogP contribution is 2.30. The minimum Gasteiger partial charge on any atom is -0.487 e. The van der Waals surface area contributed by atoms with Crippen LogP contribution in [0.25, 0.3) is 0 Å². The van der Waals surface area contributed by atoms with Gasteiger partial charge in [0.05, 0.1) is 30.5 Å². The van der Waals surface area contributed by atoms with Gasteiger partial charge in [-0.2, -0.15) is 0 Å². The van der Waals surface area contributed by atoms with Crippen LogP contribution in [0.5, 0.6) is 5.75 Å². The Morgan fingerprint density at radius 3 is 2.62 bits per heavy atom. The average molecular weight is 246 g/mol. The zero-order valence-electron chi connectivity index (χ0n) is 9.24. The van der Waals surface area contributed by atoms with Gasteiger partial charge in [-0.15, -0.1) is 0 Å². The van der Waals surface area contributed by atoms with Crippen LogP contribution in [0.3, 0.4) is 0 Å².